The lowest BCUT2D eigenvalue weighted by Crippen LogP contribution is -2.45. The van der Waals surface area contributed by atoms with Crippen molar-refractivity contribution >= 4 is 21.8 Å². The molecule has 70 valence electrons. The number of hydrogen-bond acceptors (Lipinski definition) is 1. The maximum Gasteiger partial charge on any atom is 0.268 e. The predicted octanol–water partition coefficient (Wildman–Crippen LogP) is 1.33. The van der Waals surface area contributed by atoms with Crippen molar-refractivity contribution in [3.63, 3.8) is 0 Å². The maximum absolute atomic E-state index is 12.3. The van der Waals surface area contributed by atoms with Crippen LogP contribution in [-0.4, -0.2) is 23.2 Å². The number of amides is 1. The van der Waals surface area contributed by atoms with E-state index in [2.05, 4.69) is 21.2 Å². The van der Waals surface area contributed by atoms with Gasteiger partial charge in [-0.15, -0.1) is 0 Å². The number of alkyl halides is 1. The Labute approximate surface area is 83.0 Å². The molecule has 3 nitrogen and oxygen atoms in total. The van der Waals surface area contributed by atoms with Gasteiger partial charge >= 0.3 is 0 Å². The van der Waals surface area contributed by atoms with Crippen molar-refractivity contribution in [3.05, 3.63) is 22.4 Å². The van der Waals surface area contributed by atoms with Crippen LogP contribution in [0.3, 0.4) is 0 Å². The van der Waals surface area contributed by atoms with E-state index in [1.807, 2.05) is 0 Å². The van der Waals surface area contributed by atoms with Crippen molar-refractivity contribution in [3.8, 4) is 0 Å². The van der Waals surface area contributed by atoms with Gasteiger partial charge in [-0.1, -0.05) is 0 Å². The molecule has 1 atom stereocenters. The summed E-state index contributed by atoms with van der Waals surface area (Å²) in [5.74, 6) is -0.209. The molecule has 0 bridgehead atoms. The standard InChI is InChI=1S/C8H8BrFN2O/c9-5-1-7-8(13)11-6(2-10)4-12(7)3-5/h1,3,6H,2,4H2,(H,11,13)/t6-/m1/s1. The molecule has 5 heteroatoms. The van der Waals surface area contributed by atoms with Crippen molar-refractivity contribution < 1.29 is 9.18 Å². The Kier molecular flexibility index (Phi) is 2.11. The normalized spacial score (nSPS) is 21.1. The molecule has 0 aromatic carbocycles. The highest BCUT2D eigenvalue weighted by atomic mass is 79.9. The molecule has 0 aliphatic carbocycles. The van der Waals surface area contributed by atoms with Gasteiger partial charge in [-0.25, -0.2) is 4.39 Å². The fraction of sp³-hybridized carbons (Fsp3) is 0.375. The van der Waals surface area contributed by atoms with E-state index in [0.717, 1.165) is 4.47 Å². The zero-order valence-corrected chi connectivity index (χ0v) is 8.34. The number of carbonyl (C=O) groups is 1. The molecule has 1 amide bonds. The summed E-state index contributed by atoms with van der Waals surface area (Å²) in [6, 6.07) is 1.34. The number of nitrogens with zero attached hydrogens (tertiary/aromatic N) is 1. The molecule has 1 aromatic heterocycles. The topological polar surface area (TPSA) is 34.0 Å². The van der Waals surface area contributed by atoms with E-state index < -0.39 is 6.67 Å². The van der Waals surface area contributed by atoms with Crippen molar-refractivity contribution in [1.82, 2.24) is 9.88 Å². The second kappa shape index (κ2) is 3.14. The van der Waals surface area contributed by atoms with Gasteiger partial charge in [0.1, 0.15) is 12.4 Å². The summed E-state index contributed by atoms with van der Waals surface area (Å²) in [4.78, 5) is 11.3. The highest BCUT2D eigenvalue weighted by molar-refractivity contribution is 9.10. The number of nitrogens with one attached hydrogen (secondary N) is 1. The number of carbonyl (C=O) groups excluding carboxylic acids is 1. The van der Waals surface area contributed by atoms with Gasteiger partial charge in [-0.2, -0.15) is 0 Å². The highest BCUT2D eigenvalue weighted by Crippen LogP contribution is 2.18. The predicted molar refractivity (Wildman–Crippen MR) is 49.4 cm³/mol. The van der Waals surface area contributed by atoms with Crippen LogP contribution >= 0.6 is 15.9 Å². The van der Waals surface area contributed by atoms with Crippen LogP contribution in [0.2, 0.25) is 0 Å². The van der Waals surface area contributed by atoms with E-state index in [9.17, 15) is 9.18 Å². The summed E-state index contributed by atoms with van der Waals surface area (Å²) in [6.07, 6.45) is 1.79. The van der Waals surface area contributed by atoms with Gasteiger partial charge in [0, 0.05) is 17.2 Å². The lowest BCUT2D eigenvalue weighted by atomic mass is 10.2. The molecule has 1 aliphatic rings. The Morgan fingerprint density at radius 1 is 1.77 bits per heavy atom. The van der Waals surface area contributed by atoms with Crippen molar-refractivity contribution in [1.29, 1.82) is 0 Å². The van der Waals surface area contributed by atoms with Crippen LogP contribution in [0.15, 0.2) is 16.7 Å². The molecule has 1 N–H and O–H groups in total. The number of aromatic nitrogens is 1. The Balaban J connectivity index is 2.36. The van der Waals surface area contributed by atoms with Gasteiger partial charge in [-0.05, 0) is 22.0 Å². The van der Waals surface area contributed by atoms with Crippen LogP contribution < -0.4 is 5.32 Å². The van der Waals surface area contributed by atoms with Gasteiger partial charge in [0.25, 0.3) is 5.91 Å². The molecular formula is C8H8BrFN2O. The first-order valence-corrected chi connectivity index (χ1v) is 4.72. The minimum Gasteiger partial charge on any atom is -0.344 e. The number of fused-ring (bicyclic) bond motifs is 1. The van der Waals surface area contributed by atoms with E-state index >= 15 is 0 Å². The smallest absolute Gasteiger partial charge is 0.268 e. The molecule has 2 heterocycles. The van der Waals surface area contributed by atoms with Crippen LogP contribution in [0.25, 0.3) is 0 Å². The summed E-state index contributed by atoms with van der Waals surface area (Å²) in [6.45, 7) is -0.0237. The zero-order chi connectivity index (χ0) is 9.42. The third kappa shape index (κ3) is 1.48. The first-order valence-electron chi connectivity index (χ1n) is 3.93. The van der Waals surface area contributed by atoms with Crippen molar-refractivity contribution in [2.24, 2.45) is 0 Å². The molecule has 0 fully saturated rings. The molecule has 2 rings (SSSR count). The average molecular weight is 247 g/mol. The molecule has 1 aromatic rings. The van der Waals surface area contributed by atoms with Crippen LogP contribution in [0.1, 0.15) is 10.5 Å². The SMILES string of the molecule is O=C1N[C@H](CF)Cn2cc(Br)cc21. The summed E-state index contributed by atoms with van der Waals surface area (Å²) in [5.41, 5.74) is 0.580. The van der Waals surface area contributed by atoms with E-state index in [1.54, 1.807) is 16.8 Å². The summed E-state index contributed by atoms with van der Waals surface area (Å²) in [5, 5.41) is 2.58. The molecule has 0 radical (unpaired) electrons. The van der Waals surface area contributed by atoms with Gasteiger partial charge in [0.05, 0.1) is 6.04 Å². The summed E-state index contributed by atoms with van der Waals surface area (Å²) < 4.78 is 14.9. The van der Waals surface area contributed by atoms with Crippen LogP contribution in [-0.2, 0) is 6.54 Å². The van der Waals surface area contributed by atoms with Crippen LogP contribution in [0.5, 0.6) is 0 Å². The van der Waals surface area contributed by atoms with Gasteiger partial charge in [0.15, 0.2) is 0 Å². The largest absolute Gasteiger partial charge is 0.344 e. The minimum atomic E-state index is -0.527. The minimum absolute atomic E-state index is 0.209. The molecule has 0 spiro atoms. The average Bonchev–Trinajstić information content (AvgIpc) is 2.46. The highest BCUT2D eigenvalue weighted by Gasteiger charge is 2.24. The molecule has 0 saturated carbocycles. The monoisotopic (exact) mass is 246 g/mol. The molecule has 0 saturated heterocycles. The Morgan fingerprint density at radius 2 is 2.54 bits per heavy atom. The number of halogens is 2. The van der Waals surface area contributed by atoms with Crippen molar-refractivity contribution in [2.45, 2.75) is 12.6 Å². The summed E-state index contributed by atoms with van der Waals surface area (Å²) in [7, 11) is 0. The number of rotatable bonds is 1. The van der Waals surface area contributed by atoms with Crippen molar-refractivity contribution in [2.75, 3.05) is 6.67 Å². The zero-order valence-electron chi connectivity index (χ0n) is 6.76. The molecular weight excluding hydrogens is 239 g/mol. The van der Waals surface area contributed by atoms with E-state index in [-0.39, 0.29) is 11.9 Å². The summed E-state index contributed by atoms with van der Waals surface area (Å²) >= 11 is 3.27. The third-order valence-corrected chi connectivity index (χ3v) is 2.47. The van der Waals surface area contributed by atoms with Gasteiger partial charge < -0.3 is 9.88 Å². The quantitative estimate of drug-likeness (QED) is 0.798. The first-order chi connectivity index (χ1) is 6.20. The number of hydrogen-bond donors (Lipinski definition) is 1. The fourth-order valence-electron chi connectivity index (χ4n) is 1.45. The molecule has 1 aliphatic heterocycles. The lowest BCUT2D eigenvalue weighted by Gasteiger charge is -2.23. The Hall–Kier alpha value is -0.840. The first kappa shape index (κ1) is 8.74. The fourth-order valence-corrected chi connectivity index (χ4v) is 1.91. The second-order valence-corrected chi connectivity index (χ2v) is 3.94. The molecule has 13 heavy (non-hydrogen) atoms. The van der Waals surface area contributed by atoms with Gasteiger partial charge in [0.2, 0.25) is 0 Å². The van der Waals surface area contributed by atoms with E-state index in [0.29, 0.717) is 12.2 Å². The Morgan fingerprint density at radius 3 is 3.23 bits per heavy atom. The third-order valence-electron chi connectivity index (χ3n) is 2.03. The van der Waals surface area contributed by atoms with Gasteiger partial charge in [-0.3, -0.25) is 4.79 Å². The second-order valence-electron chi connectivity index (χ2n) is 3.02. The Bertz CT molecular complexity index is 350. The lowest BCUT2D eigenvalue weighted by molar-refractivity contribution is 0.0890. The van der Waals surface area contributed by atoms with E-state index in [4.69, 9.17) is 0 Å². The van der Waals surface area contributed by atoms with E-state index in [1.165, 1.54) is 0 Å². The molecule has 0 unspecified atom stereocenters. The maximum atomic E-state index is 12.3. The van der Waals surface area contributed by atoms with Crippen LogP contribution in [0.4, 0.5) is 4.39 Å². The van der Waals surface area contributed by atoms with Crippen LogP contribution in [0, 0.1) is 0 Å².